The first-order chi connectivity index (χ1) is 7.91. The maximum absolute atomic E-state index is 11.5. The van der Waals surface area contributed by atoms with Crippen LogP contribution in [0.5, 0.6) is 5.75 Å². The third-order valence-electron chi connectivity index (χ3n) is 1.95. The number of aliphatic carboxylic acids is 1. The van der Waals surface area contributed by atoms with Crippen molar-refractivity contribution in [3.8, 4) is 5.75 Å². The number of carbonyl (C=O) groups is 2. The second-order valence-electron chi connectivity index (χ2n) is 3.23. The average Bonchev–Trinajstić information content (AvgIpc) is 2.25. The topological polar surface area (TPSA) is 107 Å². The molecule has 1 aromatic carbocycles. The van der Waals surface area contributed by atoms with Gasteiger partial charge >= 0.3 is 5.97 Å². The van der Waals surface area contributed by atoms with Crippen LogP contribution in [0.3, 0.4) is 0 Å². The number of carbonyl (C=O) groups excluding carboxylic acids is 1. The van der Waals surface area contributed by atoms with Crippen molar-refractivity contribution in [2.75, 3.05) is 6.54 Å². The number of hydrogen-bond donors (Lipinski definition) is 4. The van der Waals surface area contributed by atoms with Gasteiger partial charge in [0.05, 0.1) is 12.1 Å². The van der Waals surface area contributed by atoms with Crippen LogP contribution in [0.25, 0.3) is 0 Å². The highest BCUT2D eigenvalue weighted by Gasteiger charge is 2.16. The van der Waals surface area contributed by atoms with E-state index in [1.165, 1.54) is 18.2 Å². The largest absolute Gasteiger partial charge is 0.507 e. The summed E-state index contributed by atoms with van der Waals surface area (Å²) in [7, 11) is 0. The molecule has 4 N–H and O–H groups in total. The van der Waals surface area contributed by atoms with Crippen LogP contribution in [-0.4, -0.2) is 39.8 Å². The quantitative estimate of drug-likeness (QED) is 0.619. The van der Waals surface area contributed by atoms with Gasteiger partial charge in [-0.25, -0.2) is 4.79 Å². The molecule has 7 heteroatoms. The highest BCUT2D eigenvalue weighted by Crippen LogP contribution is 2.21. The van der Waals surface area contributed by atoms with E-state index in [1.54, 1.807) is 0 Å². The number of amides is 1. The Kier molecular flexibility index (Phi) is 4.30. The smallest absolute Gasteiger partial charge is 0.334 e. The Morgan fingerprint density at radius 3 is 2.59 bits per heavy atom. The van der Waals surface area contributed by atoms with E-state index < -0.39 is 24.5 Å². The van der Waals surface area contributed by atoms with Crippen molar-refractivity contribution in [3.63, 3.8) is 0 Å². The summed E-state index contributed by atoms with van der Waals surface area (Å²) in [5.41, 5.74) is -0.0491. The molecule has 0 aliphatic carbocycles. The highest BCUT2D eigenvalue weighted by atomic mass is 35.5. The van der Waals surface area contributed by atoms with Crippen LogP contribution >= 0.6 is 11.6 Å². The summed E-state index contributed by atoms with van der Waals surface area (Å²) in [6.45, 7) is -0.448. The number of aliphatic hydroxyl groups is 1. The lowest BCUT2D eigenvalue weighted by molar-refractivity contribution is -0.146. The van der Waals surface area contributed by atoms with Gasteiger partial charge in [0, 0.05) is 5.02 Å². The molecule has 0 fully saturated rings. The number of aliphatic hydroxyl groups excluding tert-OH is 1. The third-order valence-corrected chi connectivity index (χ3v) is 2.18. The molecule has 0 saturated carbocycles. The van der Waals surface area contributed by atoms with Crippen molar-refractivity contribution in [1.29, 1.82) is 0 Å². The molecular weight excluding hydrogens is 250 g/mol. The number of carboxylic acids is 1. The molecule has 0 bridgehead atoms. The number of rotatable bonds is 4. The average molecular weight is 260 g/mol. The Labute approximate surface area is 101 Å². The molecule has 0 aliphatic heterocycles. The molecule has 1 aromatic rings. The molecule has 0 radical (unpaired) electrons. The van der Waals surface area contributed by atoms with Crippen molar-refractivity contribution < 1.29 is 24.9 Å². The zero-order valence-electron chi connectivity index (χ0n) is 8.55. The van der Waals surface area contributed by atoms with E-state index in [0.29, 0.717) is 0 Å². The number of phenols is 1. The third kappa shape index (κ3) is 3.61. The Morgan fingerprint density at radius 1 is 1.41 bits per heavy atom. The summed E-state index contributed by atoms with van der Waals surface area (Å²) in [5, 5.41) is 29.2. The van der Waals surface area contributed by atoms with Gasteiger partial charge in [0.15, 0.2) is 6.10 Å². The lowest BCUT2D eigenvalue weighted by atomic mass is 10.2. The monoisotopic (exact) mass is 259 g/mol. The van der Waals surface area contributed by atoms with E-state index in [-0.39, 0.29) is 16.3 Å². The first-order valence-corrected chi connectivity index (χ1v) is 4.97. The van der Waals surface area contributed by atoms with Crippen molar-refractivity contribution in [1.82, 2.24) is 5.32 Å². The lowest BCUT2D eigenvalue weighted by Crippen LogP contribution is -2.36. The van der Waals surface area contributed by atoms with Crippen LogP contribution < -0.4 is 5.32 Å². The zero-order chi connectivity index (χ0) is 13.0. The fourth-order valence-corrected chi connectivity index (χ4v) is 1.24. The van der Waals surface area contributed by atoms with Crippen LogP contribution in [0.15, 0.2) is 18.2 Å². The van der Waals surface area contributed by atoms with E-state index in [4.69, 9.17) is 21.8 Å². The standard InChI is InChI=1S/C10H10ClNO5/c11-5-1-2-6(7(13)3-5)9(15)12-4-8(14)10(16)17/h1-3,8,13-14H,4H2,(H,12,15)(H,16,17). The number of aromatic hydroxyl groups is 1. The SMILES string of the molecule is O=C(NCC(O)C(=O)O)c1ccc(Cl)cc1O. The predicted molar refractivity (Wildman–Crippen MR) is 59.1 cm³/mol. The molecule has 17 heavy (non-hydrogen) atoms. The van der Waals surface area contributed by atoms with E-state index in [0.717, 1.165) is 0 Å². The van der Waals surface area contributed by atoms with Crippen LogP contribution in [0.2, 0.25) is 5.02 Å². The van der Waals surface area contributed by atoms with Gasteiger partial charge in [-0.3, -0.25) is 4.79 Å². The van der Waals surface area contributed by atoms with Crippen molar-refractivity contribution in [2.24, 2.45) is 0 Å². The van der Waals surface area contributed by atoms with Gasteiger partial charge in [0.1, 0.15) is 5.75 Å². The summed E-state index contributed by atoms with van der Waals surface area (Å²) in [6.07, 6.45) is -1.69. The van der Waals surface area contributed by atoms with Gasteiger partial charge < -0.3 is 20.6 Å². The van der Waals surface area contributed by atoms with Gasteiger partial charge in [-0.1, -0.05) is 11.6 Å². The highest BCUT2D eigenvalue weighted by molar-refractivity contribution is 6.30. The van der Waals surface area contributed by atoms with Crippen molar-refractivity contribution >= 4 is 23.5 Å². The first-order valence-electron chi connectivity index (χ1n) is 4.59. The Morgan fingerprint density at radius 2 is 2.06 bits per heavy atom. The molecule has 0 spiro atoms. The number of nitrogens with one attached hydrogen (secondary N) is 1. The fourth-order valence-electron chi connectivity index (χ4n) is 1.07. The number of halogens is 1. The summed E-state index contributed by atoms with van der Waals surface area (Å²) >= 11 is 5.58. The van der Waals surface area contributed by atoms with Crippen molar-refractivity contribution in [3.05, 3.63) is 28.8 Å². The lowest BCUT2D eigenvalue weighted by Gasteiger charge is -2.08. The molecule has 0 saturated heterocycles. The van der Waals surface area contributed by atoms with E-state index >= 15 is 0 Å². The van der Waals surface area contributed by atoms with Crippen molar-refractivity contribution in [2.45, 2.75) is 6.10 Å². The second kappa shape index (κ2) is 5.51. The van der Waals surface area contributed by atoms with Crippen LogP contribution in [-0.2, 0) is 4.79 Å². The van der Waals surface area contributed by atoms with Crippen LogP contribution in [0.4, 0.5) is 0 Å². The summed E-state index contributed by atoms with van der Waals surface area (Å²) in [5.74, 6) is -2.45. The molecule has 92 valence electrons. The molecule has 0 aromatic heterocycles. The normalized spacial score (nSPS) is 11.9. The van der Waals surface area contributed by atoms with E-state index in [9.17, 15) is 14.7 Å². The zero-order valence-corrected chi connectivity index (χ0v) is 9.31. The maximum Gasteiger partial charge on any atom is 0.334 e. The van der Waals surface area contributed by atoms with Crippen LogP contribution in [0.1, 0.15) is 10.4 Å². The number of phenolic OH excluding ortho intramolecular Hbond substituents is 1. The minimum absolute atomic E-state index is 0.0491. The minimum Gasteiger partial charge on any atom is -0.507 e. The second-order valence-corrected chi connectivity index (χ2v) is 3.66. The van der Waals surface area contributed by atoms with Gasteiger partial charge in [-0.05, 0) is 18.2 Å². The molecule has 1 amide bonds. The summed E-state index contributed by atoms with van der Waals surface area (Å²) in [6, 6.07) is 3.88. The molecule has 0 heterocycles. The summed E-state index contributed by atoms with van der Waals surface area (Å²) < 4.78 is 0. The molecule has 1 atom stereocenters. The van der Waals surface area contributed by atoms with E-state index in [2.05, 4.69) is 5.32 Å². The van der Waals surface area contributed by atoms with Crippen LogP contribution in [0, 0.1) is 0 Å². The molecule has 1 unspecified atom stereocenters. The Bertz CT molecular complexity index is 448. The fraction of sp³-hybridized carbons (Fsp3) is 0.200. The molecular formula is C10H10ClNO5. The Hall–Kier alpha value is -1.79. The number of benzene rings is 1. The Balaban J connectivity index is 2.67. The summed E-state index contributed by atoms with van der Waals surface area (Å²) in [4.78, 5) is 21.8. The first kappa shape index (κ1) is 13.3. The van der Waals surface area contributed by atoms with Gasteiger partial charge in [-0.2, -0.15) is 0 Å². The van der Waals surface area contributed by atoms with Gasteiger partial charge in [0.25, 0.3) is 5.91 Å². The number of carboxylic acid groups (broad SMARTS) is 1. The van der Waals surface area contributed by atoms with Gasteiger partial charge in [0.2, 0.25) is 0 Å². The molecule has 0 aliphatic rings. The molecule has 6 nitrogen and oxygen atoms in total. The maximum atomic E-state index is 11.5. The van der Waals surface area contributed by atoms with E-state index in [1.807, 2.05) is 0 Å². The van der Waals surface area contributed by atoms with Gasteiger partial charge in [-0.15, -0.1) is 0 Å². The number of hydrogen-bond acceptors (Lipinski definition) is 4. The molecule has 1 rings (SSSR count). The minimum atomic E-state index is -1.69. The predicted octanol–water partition coefficient (Wildman–Crippen LogP) is 0.221.